The van der Waals surface area contributed by atoms with Gasteiger partial charge in [-0.3, -0.25) is 4.79 Å². The molecule has 1 aliphatic rings. The van der Waals surface area contributed by atoms with Crippen LogP contribution in [0.25, 0.3) is 0 Å². The molecule has 4 heteroatoms. The molecule has 0 bridgehead atoms. The van der Waals surface area contributed by atoms with Gasteiger partial charge in [-0.1, -0.05) is 37.3 Å². The highest BCUT2D eigenvalue weighted by atomic mass is 35.5. The summed E-state index contributed by atoms with van der Waals surface area (Å²) in [6.07, 6.45) is 4.59. The maximum absolute atomic E-state index is 12.4. The highest BCUT2D eigenvalue weighted by Gasteiger charge is 2.23. The maximum atomic E-state index is 12.4. The average molecular weight is 325 g/mol. The van der Waals surface area contributed by atoms with Crippen molar-refractivity contribution in [3.63, 3.8) is 0 Å². The quantitative estimate of drug-likeness (QED) is 0.756. The summed E-state index contributed by atoms with van der Waals surface area (Å²) >= 11 is 0. The molecule has 0 spiro atoms. The molecule has 0 saturated heterocycles. The zero-order valence-corrected chi connectivity index (χ0v) is 14.6. The molecular formula is C18H29ClN2O. The number of carbonyl (C=O) groups excluding carboxylic acids is 1. The first-order chi connectivity index (χ1) is 10.2. The van der Waals surface area contributed by atoms with Crippen LogP contribution in [0.5, 0.6) is 0 Å². The van der Waals surface area contributed by atoms with Gasteiger partial charge in [-0.25, -0.2) is 0 Å². The number of nitrogens with zero attached hydrogens (tertiary/aromatic N) is 1. The Labute approximate surface area is 140 Å². The minimum atomic E-state index is 0. The molecule has 1 saturated carbocycles. The molecule has 1 unspecified atom stereocenters. The lowest BCUT2D eigenvalue weighted by molar-refractivity contribution is -0.132. The van der Waals surface area contributed by atoms with Gasteiger partial charge in [-0.15, -0.1) is 12.4 Å². The van der Waals surface area contributed by atoms with E-state index in [1.54, 1.807) is 0 Å². The van der Waals surface area contributed by atoms with Crippen molar-refractivity contribution in [3.8, 4) is 0 Å². The van der Waals surface area contributed by atoms with Gasteiger partial charge in [0.25, 0.3) is 0 Å². The van der Waals surface area contributed by atoms with Gasteiger partial charge in [-0.2, -0.15) is 0 Å². The average Bonchev–Trinajstić information content (AvgIpc) is 3.32. The fourth-order valence-corrected chi connectivity index (χ4v) is 2.81. The van der Waals surface area contributed by atoms with E-state index in [2.05, 4.69) is 43.4 Å². The number of amides is 1. The van der Waals surface area contributed by atoms with E-state index in [4.69, 9.17) is 0 Å². The van der Waals surface area contributed by atoms with Gasteiger partial charge in [0, 0.05) is 12.6 Å². The monoisotopic (exact) mass is 324 g/mol. The predicted molar refractivity (Wildman–Crippen MR) is 94.5 cm³/mol. The van der Waals surface area contributed by atoms with Crippen molar-refractivity contribution in [2.75, 3.05) is 19.6 Å². The fourth-order valence-electron chi connectivity index (χ4n) is 2.81. The Morgan fingerprint density at radius 3 is 2.50 bits per heavy atom. The molecule has 124 valence electrons. The topological polar surface area (TPSA) is 32.3 Å². The lowest BCUT2D eigenvalue weighted by Gasteiger charge is -2.30. The minimum absolute atomic E-state index is 0. The van der Waals surface area contributed by atoms with Crippen LogP contribution in [0.3, 0.4) is 0 Å². The van der Waals surface area contributed by atoms with Gasteiger partial charge < -0.3 is 10.2 Å². The number of hydrogen-bond acceptors (Lipinski definition) is 2. The molecule has 1 fully saturated rings. The number of benzene rings is 1. The van der Waals surface area contributed by atoms with Crippen LogP contribution in [0.4, 0.5) is 0 Å². The summed E-state index contributed by atoms with van der Waals surface area (Å²) in [5.74, 6) is 1.06. The summed E-state index contributed by atoms with van der Waals surface area (Å²) < 4.78 is 0. The molecule has 1 aromatic carbocycles. The van der Waals surface area contributed by atoms with Crippen molar-refractivity contribution in [3.05, 3.63) is 35.9 Å². The molecule has 22 heavy (non-hydrogen) atoms. The van der Waals surface area contributed by atoms with Crippen LogP contribution in [0.1, 0.15) is 38.7 Å². The van der Waals surface area contributed by atoms with Crippen LogP contribution < -0.4 is 5.32 Å². The summed E-state index contributed by atoms with van der Waals surface area (Å²) in [5, 5.41) is 3.31. The van der Waals surface area contributed by atoms with Gasteiger partial charge in [0.15, 0.2) is 0 Å². The van der Waals surface area contributed by atoms with Crippen LogP contribution in [-0.4, -0.2) is 36.5 Å². The first-order valence-corrected chi connectivity index (χ1v) is 8.28. The first kappa shape index (κ1) is 19.0. The number of nitrogens with one attached hydrogen (secondary N) is 1. The highest BCUT2D eigenvalue weighted by molar-refractivity contribution is 5.85. The zero-order valence-electron chi connectivity index (χ0n) is 13.8. The van der Waals surface area contributed by atoms with Crippen LogP contribution in [0, 0.1) is 5.92 Å². The predicted octanol–water partition coefficient (Wildman–Crippen LogP) is 3.28. The van der Waals surface area contributed by atoms with Crippen LogP contribution in [0.2, 0.25) is 0 Å². The minimum Gasteiger partial charge on any atom is -0.339 e. The van der Waals surface area contributed by atoms with Crippen molar-refractivity contribution in [2.45, 2.75) is 45.6 Å². The fraction of sp³-hybridized carbons (Fsp3) is 0.611. The standard InChI is InChI=1S/C18H28N2O.ClH/c1-3-17(12-15-8-6-5-7-9-15)20(4-2)18(21)14-19-13-16-10-11-16;/h5-9,16-17,19H,3-4,10-14H2,1-2H3;1H. The van der Waals surface area contributed by atoms with Crippen molar-refractivity contribution >= 4 is 18.3 Å². The Morgan fingerprint density at radius 1 is 1.27 bits per heavy atom. The zero-order chi connectivity index (χ0) is 15.1. The molecular weight excluding hydrogens is 296 g/mol. The Balaban J connectivity index is 0.00000242. The van der Waals surface area contributed by atoms with E-state index in [1.807, 2.05) is 11.0 Å². The van der Waals surface area contributed by atoms with Crippen molar-refractivity contribution < 1.29 is 4.79 Å². The van der Waals surface area contributed by atoms with E-state index in [9.17, 15) is 4.79 Å². The van der Waals surface area contributed by atoms with Gasteiger partial charge in [0.1, 0.15) is 0 Å². The van der Waals surface area contributed by atoms with E-state index < -0.39 is 0 Å². The molecule has 0 heterocycles. The number of halogens is 1. The molecule has 1 aromatic rings. The normalized spacial score (nSPS) is 15.0. The van der Waals surface area contributed by atoms with E-state index in [0.29, 0.717) is 12.6 Å². The van der Waals surface area contributed by atoms with E-state index in [1.165, 1.54) is 18.4 Å². The van der Waals surface area contributed by atoms with E-state index in [-0.39, 0.29) is 18.3 Å². The SMILES string of the molecule is CCC(Cc1ccccc1)N(CC)C(=O)CNCC1CC1.Cl. The van der Waals surface area contributed by atoms with Gasteiger partial charge >= 0.3 is 0 Å². The molecule has 2 rings (SSSR count). The third-order valence-corrected chi connectivity index (χ3v) is 4.29. The molecule has 1 atom stereocenters. The molecule has 0 radical (unpaired) electrons. The second-order valence-electron chi connectivity index (χ2n) is 6.01. The third kappa shape index (κ3) is 5.98. The first-order valence-electron chi connectivity index (χ1n) is 8.28. The molecule has 3 nitrogen and oxygen atoms in total. The van der Waals surface area contributed by atoms with Crippen molar-refractivity contribution in [1.29, 1.82) is 0 Å². The number of rotatable bonds is 9. The van der Waals surface area contributed by atoms with Crippen molar-refractivity contribution in [1.82, 2.24) is 10.2 Å². The molecule has 0 aromatic heterocycles. The van der Waals surface area contributed by atoms with Gasteiger partial charge in [0.2, 0.25) is 5.91 Å². The smallest absolute Gasteiger partial charge is 0.236 e. The Kier molecular flexibility index (Phi) is 8.51. The number of carbonyl (C=O) groups is 1. The van der Waals surface area contributed by atoms with E-state index in [0.717, 1.165) is 31.8 Å². The second kappa shape index (κ2) is 9.86. The number of hydrogen-bond donors (Lipinski definition) is 1. The number of likely N-dealkylation sites (N-methyl/N-ethyl adjacent to an activating group) is 1. The Morgan fingerprint density at radius 2 is 1.95 bits per heavy atom. The van der Waals surface area contributed by atoms with Crippen LogP contribution >= 0.6 is 12.4 Å². The molecule has 1 aliphatic carbocycles. The van der Waals surface area contributed by atoms with Gasteiger partial charge in [0.05, 0.1) is 6.54 Å². The van der Waals surface area contributed by atoms with Gasteiger partial charge in [-0.05, 0) is 50.6 Å². The second-order valence-corrected chi connectivity index (χ2v) is 6.01. The highest BCUT2D eigenvalue weighted by Crippen LogP contribution is 2.27. The molecule has 0 aliphatic heterocycles. The molecule has 1 amide bonds. The van der Waals surface area contributed by atoms with Crippen LogP contribution in [0.15, 0.2) is 30.3 Å². The summed E-state index contributed by atoms with van der Waals surface area (Å²) in [6, 6.07) is 10.8. The Hall–Kier alpha value is -1.06. The van der Waals surface area contributed by atoms with Crippen molar-refractivity contribution in [2.24, 2.45) is 5.92 Å². The lowest BCUT2D eigenvalue weighted by Crippen LogP contribution is -2.45. The summed E-state index contributed by atoms with van der Waals surface area (Å²) in [5.41, 5.74) is 1.31. The third-order valence-electron chi connectivity index (χ3n) is 4.29. The lowest BCUT2D eigenvalue weighted by atomic mass is 10.0. The van der Waals surface area contributed by atoms with Crippen LogP contribution in [-0.2, 0) is 11.2 Å². The van der Waals surface area contributed by atoms with E-state index >= 15 is 0 Å². The summed E-state index contributed by atoms with van der Waals surface area (Å²) in [7, 11) is 0. The maximum Gasteiger partial charge on any atom is 0.236 e. The summed E-state index contributed by atoms with van der Waals surface area (Å²) in [6.45, 7) is 6.51. The molecule has 1 N–H and O–H groups in total. The largest absolute Gasteiger partial charge is 0.339 e. The summed E-state index contributed by atoms with van der Waals surface area (Å²) in [4.78, 5) is 14.5. The Bertz CT molecular complexity index is 434.